The first-order valence-electron chi connectivity index (χ1n) is 10.2. The molecule has 168 valence electrons. The second kappa shape index (κ2) is 10.6. The Morgan fingerprint density at radius 1 is 1.16 bits per heavy atom. The van der Waals surface area contributed by atoms with Gasteiger partial charge in [-0.25, -0.2) is 0 Å². The number of ether oxygens (including phenoxy) is 1. The third kappa shape index (κ3) is 5.83. The maximum atomic E-state index is 12.8. The molecule has 0 fully saturated rings. The molecule has 7 nitrogen and oxygen atoms in total. The van der Waals surface area contributed by atoms with E-state index in [0.29, 0.717) is 21.5 Å². The molecule has 0 spiro atoms. The van der Waals surface area contributed by atoms with Crippen LogP contribution in [0.5, 0.6) is 0 Å². The van der Waals surface area contributed by atoms with E-state index in [1.54, 1.807) is 56.3 Å². The summed E-state index contributed by atoms with van der Waals surface area (Å²) in [4.78, 5) is 40.8. The highest BCUT2D eigenvalue weighted by molar-refractivity contribution is 7.71. The van der Waals surface area contributed by atoms with E-state index in [0.717, 1.165) is 0 Å². The molecule has 0 aliphatic rings. The van der Waals surface area contributed by atoms with Gasteiger partial charge in [0.1, 0.15) is 0 Å². The minimum absolute atomic E-state index is 0.00406. The van der Waals surface area contributed by atoms with Crippen LogP contribution in [0.25, 0.3) is 10.9 Å². The van der Waals surface area contributed by atoms with E-state index in [9.17, 15) is 14.4 Å². The van der Waals surface area contributed by atoms with Gasteiger partial charge in [-0.1, -0.05) is 41.9 Å². The first kappa shape index (κ1) is 23.7. The minimum Gasteiger partial charge on any atom is -0.463 e. The zero-order valence-corrected chi connectivity index (χ0v) is 19.3. The summed E-state index contributed by atoms with van der Waals surface area (Å²) >= 11 is 11.6. The van der Waals surface area contributed by atoms with Crippen LogP contribution in [0.4, 0.5) is 0 Å². The lowest BCUT2D eigenvalue weighted by molar-refractivity contribution is -0.148. The number of amides is 1. The first-order valence-corrected chi connectivity index (χ1v) is 11.0. The Kier molecular flexibility index (Phi) is 7.82. The summed E-state index contributed by atoms with van der Waals surface area (Å²) in [5.74, 6) is -0.792. The van der Waals surface area contributed by atoms with Gasteiger partial charge in [0.05, 0.1) is 29.5 Å². The Bertz CT molecular complexity index is 1250. The van der Waals surface area contributed by atoms with Crippen LogP contribution in [0.2, 0.25) is 5.02 Å². The van der Waals surface area contributed by atoms with E-state index < -0.39 is 12.0 Å². The monoisotopic (exact) mass is 473 g/mol. The summed E-state index contributed by atoms with van der Waals surface area (Å²) in [7, 11) is 0. The summed E-state index contributed by atoms with van der Waals surface area (Å²) in [5.41, 5.74) is 0.995. The average molecular weight is 474 g/mol. The van der Waals surface area contributed by atoms with Crippen molar-refractivity contribution in [2.45, 2.75) is 45.4 Å². The predicted octanol–water partition coefficient (Wildman–Crippen LogP) is 4.30. The lowest BCUT2D eigenvalue weighted by Crippen LogP contribution is -2.33. The van der Waals surface area contributed by atoms with Gasteiger partial charge in [0.15, 0.2) is 4.77 Å². The fraction of sp³-hybridized carbons (Fsp3) is 0.304. The summed E-state index contributed by atoms with van der Waals surface area (Å²) in [5, 5.41) is 3.77. The van der Waals surface area contributed by atoms with Gasteiger partial charge in [0.2, 0.25) is 5.91 Å². The van der Waals surface area contributed by atoms with E-state index in [4.69, 9.17) is 28.6 Å². The summed E-state index contributed by atoms with van der Waals surface area (Å²) < 4.78 is 6.82. The molecule has 3 rings (SSSR count). The lowest BCUT2D eigenvalue weighted by Gasteiger charge is -2.20. The molecular formula is C23H24ClN3O4S. The van der Waals surface area contributed by atoms with Gasteiger partial charge in [-0.3, -0.25) is 19.0 Å². The number of benzene rings is 2. The van der Waals surface area contributed by atoms with Crippen LogP contribution in [0.1, 0.15) is 38.3 Å². The number of nitrogens with one attached hydrogen (secondary N) is 2. The highest BCUT2D eigenvalue weighted by Gasteiger charge is 2.22. The molecule has 3 aromatic rings. The van der Waals surface area contributed by atoms with Crippen molar-refractivity contribution in [1.29, 1.82) is 0 Å². The van der Waals surface area contributed by atoms with Crippen LogP contribution in [0.15, 0.2) is 53.3 Å². The topological polar surface area (TPSA) is 93.2 Å². The molecule has 0 radical (unpaired) electrons. The number of esters is 1. The quantitative estimate of drug-likeness (QED) is 0.376. The van der Waals surface area contributed by atoms with E-state index in [1.165, 1.54) is 4.57 Å². The highest BCUT2D eigenvalue weighted by atomic mass is 35.5. The van der Waals surface area contributed by atoms with Crippen LogP contribution >= 0.6 is 23.8 Å². The van der Waals surface area contributed by atoms with Crippen molar-refractivity contribution < 1.29 is 14.3 Å². The molecule has 0 unspecified atom stereocenters. The third-order valence-corrected chi connectivity index (χ3v) is 5.47. The van der Waals surface area contributed by atoms with Gasteiger partial charge >= 0.3 is 5.97 Å². The smallest absolute Gasteiger partial charge is 0.308 e. The number of nitrogens with zero attached hydrogens (tertiary/aromatic N) is 1. The number of hydrogen-bond donors (Lipinski definition) is 2. The predicted molar refractivity (Wildman–Crippen MR) is 126 cm³/mol. The molecule has 2 N–H and O–H groups in total. The van der Waals surface area contributed by atoms with Crippen LogP contribution in [-0.2, 0) is 20.9 Å². The first-order chi connectivity index (χ1) is 15.3. The highest BCUT2D eigenvalue weighted by Crippen LogP contribution is 2.25. The standard InChI is InChI=1S/C23H24ClN3O4S/c1-14(2)31-21(29)13-19(15-7-3-5-9-17(15)24)25-20(28)11-12-27-22(30)16-8-4-6-10-18(16)26-23(27)32/h3-10,14,19H,11-13H2,1-2H3,(H,25,28)(H,26,32)/t19-/m0/s1. The number of halogens is 1. The van der Waals surface area contributed by atoms with E-state index >= 15 is 0 Å². The summed E-state index contributed by atoms with van der Waals surface area (Å²) in [6, 6.07) is 13.4. The number of aromatic nitrogens is 2. The van der Waals surface area contributed by atoms with Crippen molar-refractivity contribution in [3.63, 3.8) is 0 Å². The number of carbonyl (C=O) groups is 2. The number of hydrogen-bond acceptors (Lipinski definition) is 5. The van der Waals surface area contributed by atoms with Crippen LogP contribution in [0.3, 0.4) is 0 Å². The van der Waals surface area contributed by atoms with Gasteiger partial charge in [0, 0.05) is 18.0 Å². The molecule has 1 aromatic heterocycles. The average Bonchev–Trinajstić information content (AvgIpc) is 2.73. The number of para-hydroxylation sites is 1. The number of carbonyl (C=O) groups excluding carboxylic acids is 2. The summed E-state index contributed by atoms with van der Waals surface area (Å²) in [6.07, 6.45) is -0.342. The number of rotatable bonds is 8. The van der Waals surface area contributed by atoms with E-state index in [-0.39, 0.29) is 41.7 Å². The molecule has 0 saturated heterocycles. The van der Waals surface area contributed by atoms with Crippen LogP contribution < -0.4 is 10.9 Å². The summed E-state index contributed by atoms with van der Waals surface area (Å²) in [6.45, 7) is 3.61. The van der Waals surface area contributed by atoms with Crippen molar-refractivity contribution in [3.05, 3.63) is 74.2 Å². The normalized spacial score (nSPS) is 12.0. The number of H-pyrrole nitrogens is 1. The molecule has 2 aromatic carbocycles. The van der Waals surface area contributed by atoms with Crippen molar-refractivity contribution in [1.82, 2.24) is 14.9 Å². The van der Waals surface area contributed by atoms with Gasteiger partial charge in [-0.15, -0.1) is 0 Å². The fourth-order valence-corrected chi connectivity index (χ4v) is 3.91. The van der Waals surface area contributed by atoms with Crippen molar-refractivity contribution in [3.8, 4) is 0 Å². The Balaban J connectivity index is 1.76. The molecule has 0 aliphatic heterocycles. The van der Waals surface area contributed by atoms with Crippen LogP contribution in [0, 0.1) is 4.77 Å². The van der Waals surface area contributed by atoms with Gasteiger partial charge in [0.25, 0.3) is 5.56 Å². The molecule has 9 heteroatoms. The Morgan fingerprint density at radius 2 is 1.84 bits per heavy atom. The number of fused-ring (bicyclic) bond motifs is 1. The molecule has 32 heavy (non-hydrogen) atoms. The maximum Gasteiger partial charge on any atom is 0.308 e. The molecule has 1 amide bonds. The zero-order valence-electron chi connectivity index (χ0n) is 17.8. The van der Waals surface area contributed by atoms with E-state index in [2.05, 4.69) is 10.3 Å². The minimum atomic E-state index is -0.662. The molecular weight excluding hydrogens is 450 g/mol. The largest absolute Gasteiger partial charge is 0.463 e. The fourth-order valence-electron chi connectivity index (χ4n) is 3.36. The second-order valence-corrected chi connectivity index (χ2v) is 8.36. The second-order valence-electron chi connectivity index (χ2n) is 7.57. The molecule has 0 aliphatic carbocycles. The third-order valence-electron chi connectivity index (χ3n) is 4.81. The van der Waals surface area contributed by atoms with Gasteiger partial charge in [-0.2, -0.15) is 0 Å². The molecule has 1 heterocycles. The van der Waals surface area contributed by atoms with Crippen molar-refractivity contribution in [2.75, 3.05) is 0 Å². The van der Waals surface area contributed by atoms with Crippen molar-refractivity contribution in [2.24, 2.45) is 0 Å². The molecule has 0 saturated carbocycles. The van der Waals surface area contributed by atoms with Crippen molar-refractivity contribution >= 4 is 46.6 Å². The Morgan fingerprint density at radius 3 is 2.56 bits per heavy atom. The van der Waals surface area contributed by atoms with Gasteiger partial charge in [-0.05, 0) is 49.8 Å². The zero-order chi connectivity index (χ0) is 23.3. The maximum absolute atomic E-state index is 12.8. The van der Waals surface area contributed by atoms with Gasteiger partial charge < -0.3 is 15.0 Å². The van der Waals surface area contributed by atoms with E-state index in [1.807, 2.05) is 6.07 Å². The molecule has 1 atom stereocenters. The van der Waals surface area contributed by atoms with Crippen LogP contribution in [-0.4, -0.2) is 27.5 Å². The number of aromatic amines is 1. The SMILES string of the molecule is CC(C)OC(=O)C[C@H](NC(=O)CCn1c(=S)[nH]c2ccccc2c1=O)c1ccccc1Cl. The molecule has 0 bridgehead atoms. The lowest BCUT2D eigenvalue weighted by atomic mass is 10.0. The Labute approximate surface area is 195 Å². The Hall–Kier alpha value is -2.97.